The van der Waals surface area contributed by atoms with Crippen LogP contribution in [0.3, 0.4) is 0 Å². The Labute approximate surface area is 140 Å². The number of hydrogen-bond acceptors (Lipinski definition) is 4. The zero-order chi connectivity index (χ0) is 15.4. The molecule has 8 heteroatoms. The van der Waals surface area contributed by atoms with E-state index < -0.39 is 6.09 Å². The quantitative estimate of drug-likeness (QED) is 0.731. The molecule has 1 fully saturated rings. The van der Waals surface area contributed by atoms with Gasteiger partial charge in [-0.2, -0.15) is 0 Å². The fourth-order valence-corrected chi connectivity index (χ4v) is 2.90. The molecule has 0 unspecified atom stereocenters. The first kappa shape index (κ1) is 16.3. The predicted molar refractivity (Wildman–Crippen MR) is 87.0 cm³/mol. The molecule has 0 aromatic carbocycles. The summed E-state index contributed by atoms with van der Waals surface area (Å²) >= 11 is 7.96. The van der Waals surface area contributed by atoms with E-state index in [4.69, 9.17) is 22.1 Å². The summed E-state index contributed by atoms with van der Waals surface area (Å²) in [6.45, 7) is 0. The third kappa shape index (κ3) is 4.70. The SMILES string of the molecule is NC(=O)O[C@@H]1CCC[C@H](C(=O)Nc2cc(I)c(Cl)cn2)C1. The molecule has 2 rings (SSSR count). The first-order chi connectivity index (χ1) is 9.95. The fourth-order valence-electron chi connectivity index (χ4n) is 2.37. The van der Waals surface area contributed by atoms with E-state index >= 15 is 0 Å². The van der Waals surface area contributed by atoms with Crippen molar-refractivity contribution >= 4 is 52.0 Å². The van der Waals surface area contributed by atoms with Gasteiger partial charge in [0.05, 0.1) is 5.02 Å². The van der Waals surface area contributed by atoms with Crippen molar-refractivity contribution in [3.63, 3.8) is 0 Å². The number of carbonyl (C=O) groups excluding carboxylic acids is 2. The number of primary amides is 1. The molecular weight excluding hydrogens is 409 g/mol. The molecule has 3 N–H and O–H groups in total. The topological polar surface area (TPSA) is 94.3 Å². The predicted octanol–water partition coefficient (Wildman–Crippen LogP) is 2.93. The Morgan fingerprint density at radius 1 is 1.48 bits per heavy atom. The summed E-state index contributed by atoms with van der Waals surface area (Å²) in [4.78, 5) is 27.1. The van der Waals surface area contributed by atoms with Gasteiger partial charge >= 0.3 is 6.09 Å². The minimum atomic E-state index is -0.796. The van der Waals surface area contributed by atoms with Crippen molar-refractivity contribution in [3.8, 4) is 0 Å². The third-order valence-corrected chi connectivity index (χ3v) is 4.85. The summed E-state index contributed by atoms with van der Waals surface area (Å²) in [6, 6.07) is 1.71. The van der Waals surface area contributed by atoms with Gasteiger partial charge in [0.15, 0.2) is 0 Å². The summed E-state index contributed by atoms with van der Waals surface area (Å²) in [5.74, 6) is 0.128. The molecule has 1 aromatic rings. The van der Waals surface area contributed by atoms with Gasteiger partial charge in [-0.1, -0.05) is 11.6 Å². The molecule has 21 heavy (non-hydrogen) atoms. The van der Waals surface area contributed by atoms with E-state index in [2.05, 4.69) is 32.9 Å². The lowest BCUT2D eigenvalue weighted by atomic mass is 9.86. The molecular formula is C13H15ClIN3O3. The fraction of sp³-hybridized carbons (Fsp3) is 0.462. The molecule has 1 aliphatic carbocycles. The smallest absolute Gasteiger partial charge is 0.404 e. The molecule has 1 aliphatic rings. The Bertz CT molecular complexity index is 555. The molecule has 1 saturated carbocycles. The maximum Gasteiger partial charge on any atom is 0.404 e. The van der Waals surface area contributed by atoms with Gasteiger partial charge < -0.3 is 15.8 Å². The Morgan fingerprint density at radius 3 is 2.90 bits per heavy atom. The standard InChI is InChI=1S/C13H15ClIN3O3/c14-9-6-17-11(5-10(9)15)18-12(19)7-2-1-3-8(4-7)21-13(16)20/h5-8H,1-4H2,(H2,16,20)(H,17,18,19)/t7-,8+/m0/s1. The summed E-state index contributed by atoms with van der Waals surface area (Å²) in [6.07, 6.45) is 3.22. The van der Waals surface area contributed by atoms with Gasteiger partial charge in [0.1, 0.15) is 11.9 Å². The van der Waals surface area contributed by atoms with Crippen molar-refractivity contribution < 1.29 is 14.3 Å². The summed E-state index contributed by atoms with van der Waals surface area (Å²) in [5, 5.41) is 3.31. The number of rotatable bonds is 3. The number of nitrogens with zero attached hydrogens (tertiary/aromatic N) is 1. The number of aromatic nitrogens is 1. The van der Waals surface area contributed by atoms with Gasteiger partial charge in [-0.05, 0) is 54.3 Å². The van der Waals surface area contributed by atoms with Crippen LogP contribution >= 0.6 is 34.2 Å². The highest BCUT2D eigenvalue weighted by Gasteiger charge is 2.29. The largest absolute Gasteiger partial charge is 0.446 e. The minimum Gasteiger partial charge on any atom is -0.446 e. The van der Waals surface area contributed by atoms with Gasteiger partial charge in [-0.15, -0.1) is 0 Å². The lowest BCUT2D eigenvalue weighted by molar-refractivity contribution is -0.122. The van der Waals surface area contributed by atoms with Crippen LogP contribution in [-0.4, -0.2) is 23.1 Å². The Hall–Kier alpha value is -1.09. The summed E-state index contributed by atoms with van der Waals surface area (Å²) in [7, 11) is 0. The van der Waals surface area contributed by atoms with Crippen molar-refractivity contribution in [1.82, 2.24) is 4.98 Å². The van der Waals surface area contributed by atoms with Crippen molar-refractivity contribution in [2.24, 2.45) is 11.7 Å². The highest BCUT2D eigenvalue weighted by Crippen LogP contribution is 2.28. The lowest BCUT2D eigenvalue weighted by Gasteiger charge is -2.27. The van der Waals surface area contributed by atoms with Gasteiger partial charge in [0, 0.05) is 15.7 Å². The normalized spacial score (nSPS) is 21.6. The Balaban J connectivity index is 1.96. The van der Waals surface area contributed by atoms with Gasteiger partial charge in [-0.25, -0.2) is 9.78 Å². The molecule has 2 amide bonds. The minimum absolute atomic E-state index is 0.126. The summed E-state index contributed by atoms with van der Waals surface area (Å²) in [5.41, 5.74) is 5.01. The van der Waals surface area contributed by atoms with Gasteiger partial charge in [0.2, 0.25) is 5.91 Å². The van der Waals surface area contributed by atoms with Crippen molar-refractivity contribution in [2.75, 3.05) is 5.32 Å². The molecule has 0 spiro atoms. The first-order valence-corrected chi connectivity index (χ1v) is 7.99. The number of ether oxygens (including phenoxy) is 1. The maximum atomic E-state index is 12.2. The molecule has 1 heterocycles. The maximum absolute atomic E-state index is 12.2. The van der Waals surface area contributed by atoms with Gasteiger partial charge in [0.25, 0.3) is 0 Å². The molecule has 0 radical (unpaired) electrons. The third-order valence-electron chi connectivity index (χ3n) is 3.34. The molecule has 1 aromatic heterocycles. The van der Waals surface area contributed by atoms with Crippen LogP contribution in [-0.2, 0) is 9.53 Å². The lowest BCUT2D eigenvalue weighted by Crippen LogP contribution is -2.33. The molecule has 0 saturated heterocycles. The van der Waals surface area contributed by atoms with E-state index in [-0.39, 0.29) is 17.9 Å². The Morgan fingerprint density at radius 2 is 2.24 bits per heavy atom. The van der Waals surface area contributed by atoms with Crippen LogP contribution in [0.5, 0.6) is 0 Å². The van der Waals surface area contributed by atoms with Crippen molar-refractivity contribution in [2.45, 2.75) is 31.8 Å². The van der Waals surface area contributed by atoms with Crippen molar-refractivity contribution in [3.05, 3.63) is 20.9 Å². The Kier molecular flexibility index (Phi) is 5.63. The van der Waals surface area contributed by atoms with Crippen LogP contribution in [0.4, 0.5) is 10.6 Å². The van der Waals surface area contributed by atoms with E-state index in [9.17, 15) is 9.59 Å². The number of halogens is 2. The van der Waals surface area contributed by atoms with Crippen LogP contribution in [0.15, 0.2) is 12.3 Å². The molecule has 2 atom stereocenters. The van der Waals surface area contributed by atoms with Crippen LogP contribution in [0, 0.1) is 9.49 Å². The monoisotopic (exact) mass is 423 g/mol. The van der Waals surface area contributed by atoms with Crippen LogP contribution < -0.4 is 11.1 Å². The van der Waals surface area contributed by atoms with Crippen LogP contribution in [0.2, 0.25) is 5.02 Å². The second kappa shape index (κ2) is 7.26. The number of nitrogens with two attached hydrogens (primary N) is 1. The van der Waals surface area contributed by atoms with Crippen LogP contribution in [0.1, 0.15) is 25.7 Å². The van der Waals surface area contributed by atoms with Crippen LogP contribution in [0.25, 0.3) is 0 Å². The zero-order valence-electron chi connectivity index (χ0n) is 11.1. The van der Waals surface area contributed by atoms with E-state index in [1.165, 1.54) is 6.20 Å². The average molecular weight is 424 g/mol. The van der Waals surface area contributed by atoms with E-state index in [0.29, 0.717) is 17.3 Å². The zero-order valence-corrected chi connectivity index (χ0v) is 14.1. The van der Waals surface area contributed by atoms with E-state index in [1.807, 2.05) is 0 Å². The number of amides is 2. The number of nitrogens with one attached hydrogen (secondary N) is 1. The number of anilines is 1. The first-order valence-electron chi connectivity index (χ1n) is 6.53. The number of hydrogen-bond donors (Lipinski definition) is 2. The van der Waals surface area contributed by atoms with Gasteiger partial charge in [-0.3, -0.25) is 4.79 Å². The second-order valence-electron chi connectivity index (χ2n) is 4.90. The average Bonchev–Trinajstić information content (AvgIpc) is 2.42. The summed E-state index contributed by atoms with van der Waals surface area (Å²) < 4.78 is 5.80. The molecule has 0 bridgehead atoms. The number of carbonyl (C=O) groups is 2. The molecule has 0 aliphatic heterocycles. The van der Waals surface area contributed by atoms with E-state index in [0.717, 1.165) is 22.8 Å². The number of pyridine rings is 1. The van der Waals surface area contributed by atoms with Crippen molar-refractivity contribution in [1.29, 1.82) is 0 Å². The highest BCUT2D eigenvalue weighted by molar-refractivity contribution is 14.1. The highest BCUT2D eigenvalue weighted by atomic mass is 127. The second-order valence-corrected chi connectivity index (χ2v) is 6.46. The molecule has 6 nitrogen and oxygen atoms in total. The van der Waals surface area contributed by atoms with E-state index in [1.54, 1.807) is 6.07 Å². The molecule has 114 valence electrons.